The van der Waals surface area contributed by atoms with E-state index in [1.54, 1.807) is 25.4 Å². The molecule has 0 saturated carbocycles. The Bertz CT molecular complexity index is 743. The lowest BCUT2D eigenvalue weighted by Gasteiger charge is -2.21. The second kappa shape index (κ2) is 5.38. The van der Waals surface area contributed by atoms with Crippen LogP contribution < -0.4 is 0 Å². The van der Waals surface area contributed by atoms with Crippen LogP contribution in [-0.2, 0) is 14.8 Å². The van der Waals surface area contributed by atoms with Gasteiger partial charge in [-0.15, -0.1) is 0 Å². The summed E-state index contributed by atoms with van der Waals surface area (Å²) in [7, 11) is -2.16. The molecule has 0 bridgehead atoms. The van der Waals surface area contributed by atoms with E-state index in [2.05, 4.69) is 9.97 Å². The monoisotopic (exact) mass is 311 g/mol. The summed E-state index contributed by atoms with van der Waals surface area (Å²) < 4.78 is 32.3. The van der Waals surface area contributed by atoms with Crippen LogP contribution in [0.3, 0.4) is 0 Å². The molecule has 114 valence electrons. The summed E-state index contributed by atoms with van der Waals surface area (Å²) in [6.07, 6.45) is 3.34. The molecule has 21 heavy (non-hydrogen) atoms. The van der Waals surface area contributed by atoms with Gasteiger partial charge in [0.05, 0.1) is 18.8 Å². The normalized spacial score (nSPS) is 23.9. The third-order valence-electron chi connectivity index (χ3n) is 3.87. The third-order valence-corrected chi connectivity index (χ3v) is 5.83. The number of aromatic amines is 1. The Hall–Kier alpha value is -1.48. The van der Waals surface area contributed by atoms with Crippen molar-refractivity contribution in [1.82, 2.24) is 14.3 Å². The standard InChI is InChI=1S/C13H17N3O4S/c1-20-10-5-9(8-17)16(7-10)21(18,19)12-6-15-13-11(12)3-2-4-14-13/h2-4,6,9-10,17H,5,7-8H2,1H3,(H,14,15)/t9-,10-/m0/s1. The van der Waals surface area contributed by atoms with Crippen LogP contribution in [0.2, 0.25) is 0 Å². The van der Waals surface area contributed by atoms with Gasteiger partial charge in [-0.1, -0.05) is 0 Å². The predicted octanol–water partition coefficient (Wildman–Crippen LogP) is 0.333. The van der Waals surface area contributed by atoms with E-state index >= 15 is 0 Å². The Balaban J connectivity index is 2.04. The number of H-pyrrole nitrogens is 1. The molecule has 2 aromatic rings. The number of hydrogen-bond acceptors (Lipinski definition) is 5. The van der Waals surface area contributed by atoms with Crippen molar-refractivity contribution in [3.63, 3.8) is 0 Å². The summed E-state index contributed by atoms with van der Waals surface area (Å²) in [5, 5.41) is 9.99. The maximum absolute atomic E-state index is 12.9. The van der Waals surface area contributed by atoms with E-state index in [0.717, 1.165) is 0 Å². The van der Waals surface area contributed by atoms with Crippen LogP contribution in [0.15, 0.2) is 29.4 Å². The van der Waals surface area contributed by atoms with Gasteiger partial charge in [-0.25, -0.2) is 13.4 Å². The summed E-state index contributed by atoms with van der Waals surface area (Å²) in [6.45, 7) is 0.0245. The van der Waals surface area contributed by atoms with Crippen molar-refractivity contribution >= 4 is 21.1 Å². The number of nitrogens with zero attached hydrogens (tertiary/aromatic N) is 2. The van der Waals surface area contributed by atoms with Crippen molar-refractivity contribution in [3.05, 3.63) is 24.5 Å². The molecule has 0 aliphatic carbocycles. The molecular formula is C13H17N3O4S. The quantitative estimate of drug-likeness (QED) is 0.848. The molecule has 1 aliphatic rings. The molecule has 0 spiro atoms. The molecule has 7 nitrogen and oxygen atoms in total. The van der Waals surface area contributed by atoms with E-state index in [1.165, 1.54) is 10.5 Å². The van der Waals surface area contributed by atoms with Crippen molar-refractivity contribution < 1.29 is 18.3 Å². The van der Waals surface area contributed by atoms with Crippen LogP contribution in [0.5, 0.6) is 0 Å². The van der Waals surface area contributed by atoms with Gasteiger partial charge in [-0.3, -0.25) is 0 Å². The second-order valence-corrected chi connectivity index (χ2v) is 6.92. The lowest BCUT2D eigenvalue weighted by molar-refractivity contribution is 0.113. The summed E-state index contributed by atoms with van der Waals surface area (Å²) in [5.74, 6) is 0. The fourth-order valence-corrected chi connectivity index (χ4v) is 4.56. The highest BCUT2D eigenvalue weighted by Crippen LogP contribution is 2.30. The molecule has 3 heterocycles. The van der Waals surface area contributed by atoms with Gasteiger partial charge in [-0.2, -0.15) is 4.31 Å². The van der Waals surface area contributed by atoms with Crippen LogP contribution in [0.4, 0.5) is 0 Å². The first-order valence-corrected chi connectivity index (χ1v) is 8.09. The number of ether oxygens (including phenoxy) is 1. The molecule has 3 rings (SSSR count). The van der Waals surface area contributed by atoms with Crippen LogP contribution in [0.25, 0.3) is 11.0 Å². The van der Waals surface area contributed by atoms with Crippen molar-refractivity contribution in [3.8, 4) is 0 Å². The van der Waals surface area contributed by atoms with Crippen LogP contribution in [0.1, 0.15) is 6.42 Å². The van der Waals surface area contributed by atoms with Crippen molar-refractivity contribution in [2.24, 2.45) is 0 Å². The Labute approximate surface area is 122 Å². The highest BCUT2D eigenvalue weighted by molar-refractivity contribution is 7.89. The molecule has 0 radical (unpaired) electrons. The maximum Gasteiger partial charge on any atom is 0.245 e. The number of methoxy groups -OCH3 is 1. The first-order valence-electron chi connectivity index (χ1n) is 6.65. The van der Waals surface area contributed by atoms with Crippen molar-refractivity contribution in [2.45, 2.75) is 23.5 Å². The largest absolute Gasteiger partial charge is 0.395 e. The van der Waals surface area contributed by atoms with Crippen LogP contribution >= 0.6 is 0 Å². The van der Waals surface area contributed by atoms with Gasteiger partial charge in [0.1, 0.15) is 10.5 Å². The lowest BCUT2D eigenvalue weighted by atomic mass is 10.2. The van der Waals surface area contributed by atoms with Gasteiger partial charge in [0.25, 0.3) is 0 Å². The number of sulfonamides is 1. The summed E-state index contributed by atoms with van der Waals surface area (Å²) in [6, 6.07) is 2.95. The molecular weight excluding hydrogens is 294 g/mol. The fraction of sp³-hybridized carbons (Fsp3) is 0.462. The Morgan fingerprint density at radius 3 is 3.10 bits per heavy atom. The van der Waals surface area contributed by atoms with Crippen LogP contribution in [0, 0.1) is 0 Å². The lowest BCUT2D eigenvalue weighted by Crippen LogP contribution is -2.37. The molecule has 1 aliphatic heterocycles. The highest BCUT2D eigenvalue weighted by atomic mass is 32.2. The minimum atomic E-state index is -3.70. The average molecular weight is 311 g/mol. The van der Waals surface area contributed by atoms with Gasteiger partial charge in [0.2, 0.25) is 10.0 Å². The van der Waals surface area contributed by atoms with E-state index in [1.807, 2.05) is 0 Å². The Morgan fingerprint density at radius 1 is 1.57 bits per heavy atom. The number of aromatic nitrogens is 2. The summed E-state index contributed by atoms with van der Waals surface area (Å²) >= 11 is 0. The Morgan fingerprint density at radius 2 is 2.38 bits per heavy atom. The summed E-state index contributed by atoms with van der Waals surface area (Å²) in [5.41, 5.74) is 0.527. The molecule has 2 atom stereocenters. The van der Waals surface area contributed by atoms with Crippen molar-refractivity contribution in [2.75, 3.05) is 20.3 Å². The Kier molecular flexibility index (Phi) is 3.70. The molecule has 0 unspecified atom stereocenters. The molecule has 8 heteroatoms. The number of aliphatic hydroxyl groups excluding tert-OH is 1. The topological polar surface area (TPSA) is 95.5 Å². The molecule has 2 N–H and O–H groups in total. The molecule has 2 aromatic heterocycles. The van der Waals surface area contributed by atoms with Gasteiger partial charge in [-0.05, 0) is 18.6 Å². The molecule has 0 aromatic carbocycles. The van der Waals surface area contributed by atoms with E-state index in [4.69, 9.17) is 4.74 Å². The first-order chi connectivity index (χ1) is 10.1. The van der Waals surface area contributed by atoms with E-state index in [-0.39, 0.29) is 24.2 Å². The van der Waals surface area contributed by atoms with Gasteiger partial charge in [0.15, 0.2) is 0 Å². The number of rotatable bonds is 4. The second-order valence-electron chi connectivity index (χ2n) is 5.06. The minimum absolute atomic E-state index is 0.181. The van der Waals surface area contributed by atoms with Gasteiger partial charge >= 0.3 is 0 Å². The summed E-state index contributed by atoms with van der Waals surface area (Å²) in [4.78, 5) is 7.15. The minimum Gasteiger partial charge on any atom is -0.395 e. The third kappa shape index (κ3) is 2.34. The molecule has 1 fully saturated rings. The van der Waals surface area contributed by atoms with E-state index < -0.39 is 16.1 Å². The fourth-order valence-electron chi connectivity index (χ4n) is 2.75. The van der Waals surface area contributed by atoms with Gasteiger partial charge in [0, 0.05) is 31.4 Å². The zero-order chi connectivity index (χ0) is 15.0. The van der Waals surface area contributed by atoms with Crippen molar-refractivity contribution in [1.29, 1.82) is 0 Å². The number of pyridine rings is 1. The SMILES string of the molecule is CO[C@H]1C[C@@H](CO)N(S(=O)(=O)c2c[nH]c3ncccc23)C1. The zero-order valence-corrected chi connectivity index (χ0v) is 12.4. The maximum atomic E-state index is 12.9. The number of hydrogen-bond donors (Lipinski definition) is 2. The predicted molar refractivity (Wildman–Crippen MR) is 76.3 cm³/mol. The number of nitrogens with one attached hydrogen (secondary N) is 1. The molecule has 0 amide bonds. The molecule has 1 saturated heterocycles. The first kappa shape index (κ1) is 14.5. The van der Waals surface area contributed by atoms with E-state index in [0.29, 0.717) is 17.5 Å². The average Bonchev–Trinajstić information content (AvgIpc) is 3.11. The van der Waals surface area contributed by atoms with Crippen LogP contribution in [-0.4, -0.2) is 60.2 Å². The highest BCUT2D eigenvalue weighted by Gasteiger charge is 2.40. The van der Waals surface area contributed by atoms with E-state index in [9.17, 15) is 13.5 Å². The van der Waals surface area contributed by atoms with Gasteiger partial charge < -0.3 is 14.8 Å². The number of aliphatic hydroxyl groups is 1. The number of fused-ring (bicyclic) bond motifs is 1. The zero-order valence-electron chi connectivity index (χ0n) is 11.6. The smallest absolute Gasteiger partial charge is 0.245 e.